The van der Waals surface area contributed by atoms with Crippen molar-refractivity contribution in [2.24, 2.45) is 0 Å². The fourth-order valence-corrected chi connectivity index (χ4v) is 3.02. The third kappa shape index (κ3) is 7.32. The van der Waals surface area contributed by atoms with Crippen molar-refractivity contribution >= 4 is 23.4 Å². The Bertz CT molecular complexity index is 921. The Morgan fingerprint density at radius 3 is 2.38 bits per heavy atom. The van der Waals surface area contributed by atoms with Crippen LogP contribution >= 0.6 is 11.6 Å². The van der Waals surface area contributed by atoms with E-state index in [1.54, 1.807) is 6.07 Å². The van der Waals surface area contributed by atoms with Crippen LogP contribution in [-0.4, -0.2) is 35.2 Å². The normalized spacial score (nSPS) is 11.5. The number of rotatable bonds is 11. The molecule has 1 atom stereocenters. The lowest BCUT2D eigenvalue weighted by Crippen LogP contribution is -2.44. The highest BCUT2D eigenvalue weighted by atomic mass is 35.5. The smallest absolute Gasteiger partial charge is 0.274 e. The quantitative estimate of drug-likeness (QED) is 0.296. The Kier molecular flexibility index (Phi) is 10.1. The minimum Gasteiger partial charge on any atom is -0.508 e. The molecule has 1 unspecified atom stereocenters. The summed E-state index contributed by atoms with van der Waals surface area (Å²) in [5.74, 6) is -0.973. The Morgan fingerprint density at radius 2 is 1.72 bits per heavy atom. The lowest BCUT2D eigenvalue weighted by Gasteiger charge is -2.17. The number of carbonyl (C=O) groups is 2. The number of unbranched alkanes of at least 4 members (excludes halogenated alkanes) is 2. The van der Waals surface area contributed by atoms with Gasteiger partial charge in [0.25, 0.3) is 11.8 Å². The number of benzene rings is 2. The summed E-state index contributed by atoms with van der Waals surface area (Å²) in [5, 5.41) is 19.7. The van der Waals surface area contributed by atoms with E-state index in [2.05, 4.69) is 17.8 Å². The van der Waals surface area contributed by atoms with Gasteiger partial charge in [0.15, 0.2) is 6.10 Å². The number of hydrogen-bond donors (Lipinski definition) is 4. The van der Waals surface area contributed by atoms with Crippen molar-refractivity contribution in [3.8, 4) is 17.2 Å². The van der Waals surface area contributed by atoms with E-state index in [0.717, 1.165) is 25.7 Å². The van der Waals surface area contributed by atoms with Gasteiger partial charge in [0.05, 0.1) is 18.2 Å². The molecule has 0 aromatic heterocycles. The van der Waals surface area contributed by atoms with Gasteiger partial charge in [0, 0.05) is 6.07 Å². The summed E-state index contributed by atoms with van der Waals surface area (Å²) < 4.78 is 11.4. The average Bonchev–Trinajstić information content (AvgIpc) is 2.77. The molecule has 174 valence electrons. The van der Waals surface area contributed by atoms with E-state index >= 15 is 0 Å². The first-order valence-corrected chi connectivity index (χ1v) is 10.9. The molecule has 8 nitrogen and oxygen atoms in total. The van der Waals surface area contributed by atoms with E-state index < -0.39 is 17.9 Å². The lowest BCUT2D eigenvalue weighted by molar-refractivity contribution is -0.130. The highest BCUT2D eigenvalue weighted by Crippen LogP contribution is 2.33. The number of phenols is 1. The summed E-state index contributed by atoms with van der Waals surface area (Å²) >= 11 is 6.34. The fraction of sp³-hybridized carbons (Fsp3) is 0.391. The van der Waals surface area contributed by atoms with E-state index in [-0.39, 0.29) is 27.6 Å². The zero-order valence-corrected chi connectivity index (χ0v) is 18.9. The number of hydrazine groups is 1. The zero-order valence-electron chi connectivity index (χ0n) is 18.2. The van der Waals surface area contributed by atoms with Crippen LogP contribution in [0.15, 0.2) is 36.4 Å². The molecule has 2 rings (SSSR count). The Morgan fingerprint density at radius 1 is 1.03 bits per heavy atom. The molecular weight excluding hydrogens is 436 g/mol. The molecule has 0 fully saturated rings. The summed E-state index contributed by atoms with van der Waals surface area (Å²) in [7, 11) is 0. The molecular formula is C23H29ClN2O6. The molecule has 0 spiro atoms. The van der Waals surface area contributed by atoms with Crippen molar-refractivity contribution in [3.63, 3.8) is 0 Å². The van der Waals surface area contributed by atoms with E-state index in [0.29, 0.717) is 19.0 Å². The van der Waals surface area contributed by atoms with Crippen LogP contribution in [0.3, 0.4) is 0 Å². The molecule has 0 bridgehead atoms. The predicted molar refractivity (Wildman–Crippen MR) is 121 cm³/mol. The number of halogens is 1. The number of ether oxygens (including phenoxy) is 2. The van der Waals surface area contributed by atoms with Gasteiger partial charge in [-0.2, -0.15) is 0 Å². The van der Waals surface area contributed by atoms with E-state index in [1.165, 1.54) is 30.3 Å². The minimum absolute atomic E-state index is 0.0396. The highest BCUT2D eigenvalue weighted by molar-refractivity contribution is 6.34. The van der Waals surface area contributed by atoms with E-state index in [4.69, 9.17) is 21.1 Å². The zero-order chi connectivity index (χ0) is 23.5. The Balaban J connectivity index is 2.13. The summed E-state index contributed by atoms with van der Waals surface area (Å²) in [6.07, 6.45) is 1.95. The molecule has 0 saturated carbocycles. The van der Waals surface area contributed by atoms with Crippen LogP contribution in [0.25, 0.3) is 0 Å². The van der Waals surface area contributed by atoms with Crippen LogP contribution in [0.5, 0.6) is 17.2 Å². The van der Waals surface area contributed by atoms with Gasteiger partial charge in [-0.05, 0) is 36.6 Å². The second-order valence-electron chi connectivity index (χ2n) is 7.12. The first-order chi connectivity index (χ1) is 15.4. The van der Waals surface area contributed by atoms with E-state index in [1.807, 2.05) is 6.92 Å². The van der Waals surface area contributed by atoms with Gasteiger partial charge in [-0.25, -0.2) is 0 Å². The molecule has 0 aliphatic carbocycles. The van der Waals surface area contributed by atoms with Crippen LogP contribution in [-0.2, 0) is 4.79 Å². The number of hydrogen-bond acceptors (Lipinski definition) is 6. The van der Waals surface area contributed by atoms with Crippen LogP contribution in [0.1, 0.15) is 61.6 Å². The molecule has 2 aromatic rings. The number of amides is 2. The number of aliphatic hydroxyl groups is 1. The van der Waals surface area contributed by atoms with Gasteiger partial charge >= 0.3 is 0 Å². The Labute approximate surface area is 192 Å². The SMILES string of the molecule is CCCCOc1cc(Cl)c(C(=O)NNC(=O)C(O)c2cccc(O)c2)c(OCCCC)c1. The van der Waals surface area contributed by atoms with Crippen LogP contribution < -0.4 is 20.3 Å². The summed E-state index contributed by atoms with van der Waals surface area (Å²) in [6, 6.07) is 8.73. The average molecular weight is 465 g/mol. The summed E-state index contributed by atoms with van der Waals surface area (Å²) in [6.45, 7) is 4.96. The Hall–Kier alpha value is -2.97. The summed E-state index contributed by atoms with van der Waals surface area (Å²) in [4.78, 5) is 25.0. The maximum absolute atomic E-state index is 12.8. The molecule has 0 saturated heterocycles. The molecule has 9 heteroatoms. The molecule has 2 aromatic carbocycles. The van der Waals surface area contributed by atoms with Crippen LogP contribution in [0, 0.1) is 0 Å². The van der Waals surface area contributed by atoms with Crippen LogP contribution in [0.4, 0.5) is 0 Å². The van der Waals surface area contributed by atoms with E-state index in [9.17, 15) is 19.8 Å². The molecule has 0 aliphatic heterocycles. The molecule has 4 N–H and O–H groups in total. The monoisotopic (exact) mass is 464 g/mol. The number of carbonyl (C=O) groups excluding carboxylic acids is 2. The van der Waals surface area contributed by atoms with Crippen LogP contribution in [0.2, 0.25) is 5.02 Å². The van der Waals surface area contributed by atoms with Crippen molar-refractivity contribution in [1.82, 2.24) is 10.9 Å². The van der Waals surface area contributed by atoms with Gasteiger partial charge in [0.1, 0.15) is 22.8 Å². The third-order valence-corrected chi connectivity index (χ3v) is 4.81. The number of phenolic OH excluding ortho intramolecular Hbond substituents is 1. The van der Waals surface area contributed by atoms with Gasteiger partial charge in [-0.15, -0.1) is 0 Å². The maximum atomic E-state index is 12.8. The lowest BCUT2D eigenvalue weighted by atomic mass is 10.1. The first-order valence-electron chi connectivity index (χ1n) is 10.5. The molecule has 0 heterocycles. The van der Waals surface area contributed by atoms with Gasteiger partial charge in [-0.3, -0.25) is 20.4 Å². The minimum atomic E-state index is -1.59. The number of aromatic hydroxyl groups is 1. The van der Waals surface area contributed by atoms with Gasteiger partial charge < -0.3 is 19.7 Å². The molecule has 0 radical (unpaired) electrons. The second kappa shape index (κ2) is 12.8. The van der Waals surface area contributed by atoms with Crippen molar-refractivity contribution in [2.45, 2.75) is 45.6 Å². The highest BCUT2D eigenvalue weighted by Gasteiger charge is 2.22. The topological polar surface area (TPSA) is 117 Å². The van der Waals surface area contributed by atoms with Gasteiger partial charge in [-0.1, -0.05) is 50.4 Å². The van der Waals surface area contributed by atoms with Crippen molar-refractivity contribution in [3.05, 3.63) is 52.5 Å². The largest absolute Gasteiger partial charge is 0.508 e. The summed E-state index contributed by atoms with van der Waals surface area (Å²) in [5.41, 5.74) is 4.62. The molecule has 2 amide bonds. The first kappa shape index (κ1) is 25.3. The van der Waals surface area contributed by atoms with Gasteiger partial charge in [0.2, 0.25) is 0 Å². The number of aliphatic hydroxyl groups excluding tert-OH is 1. The van der Waals surface area contributed by atoms with Crippen molar-refractivity contribution in [2.75, 3.05) is 13.2 Å². The maximum Gasteiger partial charge on any atom is 0.274 e. The second-order valence-corrected chi connectivity index (χ2v) is 7.53. The third-order valence-electron chi connectivity index (χ3n) is 4.51. The predicted octanol–water partition coefficient (Wildman–Crippen LogP) is 3.90. The molecule has 32 heavy (non-hydrogen) atoms. The fourth-order valence-electron chi connectivity index (χ4n) is 2.73. The van der Waals surface area contributed by atoms with Crippen molar-refractivity contribution < 1.29 is 29.3 Å². The van der Waals surface area contributed by atoms with Crippen molar-refractivity contribution in [1.29, 1.82) is 0 Å². The number of nitrogens with one attached hydrogen (secondary N) is 2. The molecule has 0 aliphatic rings. The standard InChI is InChI=1S/C23H29ClN2O6/c1-3-5-10-31-17-13-18(24)20(19(14-17)32-11-6-4-2)22(29)25-26-23(30)21(28)15-8-7-9-16(27)12-15/h7-9,12-14,21,27-28H,3-6,10-11H2,1-2H3,(H,25,29)(H,26,30).